The van der Waals surface area contributed by atoms with Gasteiger partial charge in [-0.15, -0.1) is 0 Å². The van der Waals surface area contributed by atoms with Crippen molar-refractivity contribution in [3.63, 3.8) is 0 Å². The Balaban J connectivity index is 2.09. The van der Waals surface area contributed by atoms with Crippen molar-refractivity contribution in [1.29, 1.82) is 0 Å². The predicted molar refractivity (Wildman–Crippen MR) is 102 cm³/mol. The van der Waals surface area contributed by atoms with Gasteiger partial charge in [-0.05, 0) is 55.8 Å². The molecule has 0 saturated carbocycles. The minimum atomic E-state index is -3.79. The molecular weight excluding hydrogens is 370 g/mol. The summed E-state index contributed by atoms with van der Waals surface area (Å²) in [5, 5.41) is 10.8. The quantitative estimate of drug-likeness (QED) is 0.645. The normalized spacial score (nSPS) is 12.1. The van der Waals surface area contributed by atoms with Crippen molar-refractivity contribution >= 4 is 33.3 Å². The lowest BCUT2D eigenvalue weighted by molar-refractivity contribution is -0.116. The molecule has 0 aliphatic carbocycles. The molecule has 1 amide bonds. The van der Waals surface area contributed by atoms with Gasteiger partial charge in [0, 0.05) is 11.4 Å². The third kappa shape index (κ3) is 5.28. The van der Waals surface area contributed by atoms with Gasteiger partial charge in [-0.2, -0.15) is 0 Å². The van der Waals surface area contributed by atoms with Crippen LogP contribution in [0.3, 0.4) is 0 Å². The number of nitrogens with two attached hydrogens (primary N) is 1. The van der Waals surface area contributed by atoms with Crippen LogP contribution in [0.25, 0.3) is 0 Å². The number of anilines is 2. The van der Waals surface area contributed by atoms with Gasteiger partial charge in [-0.25, -0.2) is 18.4 Å². The first-order valence-electron chi connectivity index (χ1n) is 8.01. The average Bonchev–Trinajstić information content (AvgIpc) is 2.62. The number of nitrogens with one attached hydrogen (secondary N) is 2. The van der Waals surface area contributed by atoms with Crippen LogP contribution < -0.4 is 15.8 Å². The topological polar surface area (TPSA) is 128 Å². The van der Waals surface area contributed by atoms with Gasteiger partial charge < -0.3 is 15.4 Å². The Morgan fingerprint density at radius 1 is 1.11 bits per heavy atom. The smallest absolute Gasteiger partial charge is 0.337 e. The Hall–Kier alpha value is -2.91. The van der Waals surface area contributed by atoms with Crippen molar-refractivity contribution in [1.82, 2.24) is 0 Å². The van der Waals surface area contributed by atoms with E-state index in [4.69, 9.17) is 9.88 Å². The molecule has 0 unspecified atom stereocenters. The summed E-state index contributed by atoms with van der Waals surface area (Å²) in [5.74, 6) is -0.800. The van der Waals surface area contributed by atoms with Crippen molar-refractivity contribution in [3.8, 4) is 0 Å². The molecule has 8 nitrogen and oxygen atoms in total. The van der Waals surface area contributed by atoms with Crippen LogP contribution in [0.1, 0.15) is 22.8 Å². The summed E-state index contributed by atoms with van der Waals surface area (Å²) in [6.45, 7) is 3.51. The van der Waals surface area contributed by atoms with E-state index in [0.29, 0.717) is 16.9 Å². The van der Waals surface area contributed by atoms with E-state index in [0.717, 1.165) is 5.56 Å². The van der Waals surface area contributed by atoms with Crippen LogP contribution >= 0.6 is 0 Å². The molecule has 0 aromatic heterocycles. The molecule has 0 spiro atoms. The van der Waals surface area contributed by atoms with Crippen LogP contribution in [0.2, 0.25) is 0 Å². The van der Waals surface area contributed by atoms with Crippen LogP contribution in [0.5, 0.6) is 0 Å². The second kappa shape index (κ2) is 8.19. The van der Waals surface area contributed by atoms with Crippen LogP contribution in [-0.4, -0.2) is 33.4 Å². The van der Waals surface area contributed by atoms with Gasteiger partial charge in [0.25, 0.3) is 0 Å². The van der Waals surface area contributed by atoms with E-state index in [1.165, 1.54) is 31.4 Å². The third-order valence-electron chi connectivity index (χ3n) is 3.87. The standard InChI is InChI=1S/C18H21N3O5S/c1-11-4-5-13(18(23)26-3)10-16(11)20-12(2)17(22)21-14-6-8-15(9-7-14)27(19,24)25/h4-10,12,20H,1-3H3,(H,21,22)(H2,19,24,25)/t12-/m0/s1. The second-order valence-corrected chi connectivity index (χ2v) is 7.51. The number of esters is 1. The molecule has 2 aromatic carbocycles. The van der Waals surface area contributed by atoms with E-state index >= 15 is 0 Å². The Morgan fingerprint density at radius 2 is 1.74 bits per heavy atom. The number of rotatable bonds is 6. The van der Waals surface area contributed by atoms with Crippen molar-refractivity contribution in [2.45, 2.75) is 24.8 Å². The number of primary sulfonamides is 1. The summed E-state index contributed by atoms with van der Waals surface area (Å²) in [6.07, 6.45) is 0. The number of hydrogen-bond acceptors (Lipinski definition) is 6. The molecule has 2 rings (SSSR count). The Morgan fingerprint density at radius 3 is 2.30 bits per heavy atom. The van der Waals surface area contributed by atoms with Gasteiger partial charge in [-0.3, -0.25) is 4.79 Å². The summed E-state index contributed by atoms with van der Waals surface area (Å²) >= 11 is 0. The highest BCUT2D eigenvalue weighted by Gasteiger charge is 2.16. The average molecular weight is 391 g/mol. The maximum absolute atomic E-state index is 12.4. The highest BCUT2D eigenvalue weighted by Crippen LogP contribution is 2.19. The zero-order valence-corrected chi connectivity index (χ0v) is 16.0. The van der Waals surface area contributed by atoms with Gasteiger partial charge in [0.15, 0.2) is 0 Å². The molecule has 0 fully saturated rings. The lowest BCUT2D eigenvalue weighted by atomic mass is 10.1. The molecule has 2 aromatic rings. The van der Waals surface area contributed by atoms with E-state index in [2.05, 4.69) is 10.6 Å². The third-order valence-corrected chi connectivity index (χ3v) is 4.80. The van der Waals surface area contributed by atoms with E-state index in [9.17, 15) is 18.0 Å². The van der Waals surface area contributed by atoms with E-state index in [1.807, 2.05) is 6.92 Å². The van der Waals surface area contributed by atoms with Crippen molar-refractivity contribution in [2.24, 2.45) is 5.14 Å². The molecular formula is C18H21N3O5S. The number of aryl methyl sites for hydroxylation is 1. The molecule has 27 heavy (non-hydrogen) atoms. The van der Waals surface area contributed by atoms with Crippen molar-refractivity contribution in [2.75, 3.05) is 17.7 Å². The highest BCUT2D eigenvalue weighted by molar-refractivity contribution is 7.89. The van der Waals surface area contributed by atoms with Crippen LogP contribution in [0.4, 0.5) is 11.4 Å². The zero-order valence-electron chi connectivity index (χ0n) is 15.1. The monoisotopic (exact) mass is 391 g/mol. The summed E-state index contributed by atoms with van der Waals surface area (Å²) in [7, 11) is -2.49. The van der Waals surface area contributed by atoms with Crippen LogP contribution in [-0.2, 0) is 19.6 Å². The van der Waals surface area contributed by atoms with Gasteiger partial charge >= 0.3 is 5.97 Å². The van der Waals surface area contributed by atoms with Crippen molar-refractivity contribution < 1.29 is 22.7 Å². The van der Waals surface area contributed by atoms with Crippen molar-refractivity contribution in [3.05, 3.63) is 53.6 Å². The molecule has 0 radical (unpaired) electrons. The maximum Gasteiger partial charge on any atom is 0.337 e. The SMILES string of the molecule is COC(=O)c1ccc(C)c(N[C@@H](C)C(=O)Nc2ccc(S(N)(=O)=O)cc2)c1. The molecule has 1 atom stereocenters. The number of hydrogen-bond donors (Lipinski definition) is 3. The Labute approximate surface area is 157 Å². The molecule has 9 heteroatoms. The minimum Gasteiger partial charge on any atom is -0.465 e. The van der Waals surface area contributed by atoms with E-state index < -0.39 is 22.0 Å². The molecule has 144 valence electrons. The first kappa shape index (κ1) is 20.4. The number of methoxy groups -OCH3 is 1. The fourth-order valence-corrected chi connectivity index (χ4v) is 2.82. The number of benzene rings is 2. The number of ether oxygens (including phenoxy) is 1. The van der Waals surface area contributed by atoms with Gasteiger partial charge in [0.1, 0.15) is 6.04 Å². The first-order valence-corrected chi connectivity index (χ1v) is 9.55. The Bertz CT molecular complexity index is 955. The maximum atomic E-state index is 12.4. The summed E-state index contributed by atoms with van der Waals surface area (Å²) < 4.78 is 27.2. The summed E-state index contributed by atoms with van der Waals surface area (Å²) in [5.41, 5.74) is 2.29. The number of amides is 1. The lowest BCUT2D eigenvalue weighted by Gasteiger charge is -2.17. The lowest BCUT2D eigenvalue weighted by Crippen LogP contribution is -2.32. The predicted octanol–water partition coefficient (Wildman–Crippen LogP) is 1.87. The number of sulfonamides is 1. The van der Waals surface area contributed by atoms with Gasteiger partial charge in [0.2, 0.25) is 15.9 Å². The van der Waals surface area contributed by atoms with E-state index in [1.54, 1.807) is 25.1 Å². The molecule has 0 aliphatic heterocycles. The second-order valence-electron chi connectivity index (χ2n) is 5.95. The number of carbonyl (C=O) groups is 2. The molecule has 4 N–H and O–H groups in total. The number of carbonyl (C=O) groups excluding carboxylic acids is 2. The van der Waals surface area contributed by atoms with Gasteiger partial charge in [0.05, 0.1) is 17.6 Å². The minimum absolute atomic E-state index is 0.0399. The molecule has 0 saturated heterocycles. The van der Waals surface area contributed by atoms with E-state index in [-0.39, 0.29) is 10.8 Å². The van der Waals surface area contributed by atoms with Crippen LogP contribution in [0, 0.1) is 6.92 Å². The fraction of sp³-hybridized carbons (Fsp3) is 0.222. The zero-order chi connectivity index (χ0) is 20.2. The van der Waals surface area contributed by atoms with Gasteiger partial charge in [-0.1, -0.05) is 6.07 Å². The molecule has 0 aliphatic rings. The molecule has 0 bridgehead atoms. The largest absolute Gasteiger partial charge is 0.465 e. The molecule has 0 heterocycles. The Kier molecular flexibility index (Phi) is 6.19. The highest BCUT2D eigenvalue weighted by atomic mass is 32.2. The first-order chi connectivity index (χ1) is 12.6. The fourth-order valence-electron chi connectivity index (χ4n) is 2.30. The van der Waals surface area contributed by atoms with Crippen LogP contribution in [0.15, 0.2) is 47.4 Å². The summed E-state index contributed by atoms with van der Waals surface area (Å²) in [4.78, 5) is 24.0. The summed E-state index contributed by atoms with van der Waals surface area (Å²) in [6, 6.07) is 9.93.